The summed E-state index contributed by atoms with van der Waals surface area (Å²) >= 11 is 0. The number of hydrogen-bond donors (Lipinski definition) is 6. The molecule has 13 nitrogen and oxygen atoms in total. The lowest BCUT2D eigenvalue weighted by atomic mass is 10.1. The minimum Gasteiger partial charge on any atom is -0.481 e. The maximum Gasteiger partial charge on any atom is 0.330 e. The molecule has 0 aliphatic heterocycles. The van der Waals surface area contributed by atoms with E-state index in [1.54, 1.807) is 42.5 Å². The van der Waals surface area contributed by atoms with E-state index in [9.17, 15) is 29.1 Å². The zero-order chi connectivity index (χ0) is 26.7. The van der Waals surface area contributed by atoms with Crippen molar-refractivity contribution in [3.63, 3.8) is 0 Å². The third-order valence-electron chi connectivity index (χ3n) is 4.91. The minimum absolute atomic E-state index is 0.261. The van der Waals surface area contributed by atoms with Gasteiger partial charge in [-0.1, -0.05) is 42.5 Å². The van der Waals surface area contributed by atoms with E-state index in [1.165, 1.54) is 30.3 Å². The van der Waals surface area contributed by atoms with E-state index in [0.717, 1.165) is 5.56 Å². The van der Waals surface area contributed by atoms with Crippen molar-refractivity contribution >= 4 is 41.7 Å². The van der Waals surface area contributed by atoms with Gasteiger partial charge in [0.25, 0.3) is 0 Å². The first-order chi connectivity index (χ1) is 17.1. The van der Waals surface area contributed by atoms with Crippen molar-refractivity contribution in [1.82, 2.24) is 16.0 Å². The Balaban J connectivity index is 1.99. The first kappa shape index (κ1) is 27.3. The number of nitrogens with one attached hydrogen (secondary N) is 3. The van der Waals surface area contributed by atoms with Crippen LogP contribution in [-0.2, 0) is 19.2 Å². The summed E-state index contributed by atoms with van der Waals surface area (Å²) in [5.41, 5.74) is 1.48. The van der Waals surface area contributed by atoms with Crippen LogP contribution >= 0.6 is 0 Å². The molecular formula is C23H26N6O7. The molecule has 0 saturated carbocycles. The third-order valence-corrected chi connectivity index (χ3v) is 4.91. The van der Waals surface area contributed by atoms with Gasteiger partial charge in [-0.3, -0.25) is 19.3 Å². The molecule has 190 valence electrons. The largest absolute Gasteiger partial charge is 0.481 e. The lowest BCUT2D eigenvalue weighted by Crippen LogP contribution is -2.52. The van der Waals surface area contributed by atoms with E-state index in [2.05, 4.69) is 21.1 Å². The summed E-state index contributed by atoms with van der Waals surface area (Å²) < 4.78 is 0. The molecule has 4 amide bonds. The van der Waals surface area contributed by atoms with E-state index in [4.69, 9.17) is 10.9 Å². The molecule has 0 aromatic heterocycles. The van der Waals surface area contributed by atoms with Crippen molar-refractivity contribution in [1.29, 1.82) is 0 Å². The number of carboxylic acid groups (broad SMARTS) is 2. The Bertz CT molecular complexity index is 1120. The Kier molecular flexibility index (Phi) is 9.92. The summed E-state index contributed by atoms with van der Waals surface area (Å²) in [4.78, 5) is 61.5. The first-order valence-electron chi connectivity index (χ1n) is 10.6. The summed E-state index contributed by atoms with van der Waals surface area (Å²) in [5, 5.41) is 28.8. The Morgan fingerprint density at radius 3 is 2.19 bits per heavy atom. The second-order valence-electron chi connectivity index (χ2n) is 7.50. The monoisotopic (exact) mass is 498 g/mol. The van der Waals surface area contributed by atoms with Gasteiger partial charge in [0.2, 0.25) is 11.8 Å². The average molecular weight is 498 g/mol. The van der Waals surface area contributed by atoms with Gasteiger partial charge in [0.1, 0.15) is 6.04 Å². The van der Waals surface area contributed by atoms with E-state index in [0.29, 0.717) is 5.69 Å². The number of carbonyl (C=O) groups is 5. The number of hydrogen-bond acceptors (Lipinski definition) is 7. The van der Waals surface area contributed by atoms with Gasteiger partial charge in [-0.15, -0.1) is 0 Å². The zero-order valence-electron chi connectivity index (χ0n) is 19.2. The maximum atomic E-state index is 12.6. The molecule has 0 saturated heterocycles. The van der Waals surface area contributed by atoms with Crippen LogP contribution in [0, 0.1) is 0 Å². The van der Waals surface area contributed by atoms with Crippen molar-refractivity contribution in [2.24, 2.45) is 10.9 Å². The molecule has 0 aliphatic carbocycles. The molecule has 0 fully saturated rings. The van der Waals surface area contributed by atoms with Gasteiger partial charge in [-0.25, -0.2) is 9.59 Å². The maximum absolute atomic E-state index is 12.6. The molecular weight excluding hydrogens is 472 g/mol. The average Bonchev–Trinajstić information content (AvgIpc) is 2.85. The Labute approximate surface area is 206 Å². The van der Waals surface area contributed by atoms with Crippen LogP contribution in [0.1, 0.15) is 23.6 Å². The number of carbonyl (C=O) groups excluding carboxylic acids is 3. The molecule has 0 unspecified atom stereocenters. The number of aliphatic carboxylic acids is 2. The van der Waals surface area contributed by atoms with Crippen LogP contribution in [0.5, 0.6) is 0 Å². The molecule has 2 aromatic carbocycles. The lowest BCUT2D eigenvalue weighted by molar-refractivity contribution is -0.143. The molecule has 0 bridgehead atoms. The van der Waals surface area contributed by atoms with Gasteiger partial charge in [0.15, 0.2) is 6.04 Å². The van der Waals surface area contributed by atoms with Crippen molar-refractivity contribution in [3.05, 3.63) is 65.7 Å². The fourth-order valence-electron chi connectivity index (χ4n) is 3.07. The lowest BCUT2D eigenvalue weighted by Gasteiger charge is -2.21. The molecule has 36 heavy (non-hydrogen) atoms. The Morgan fingerprint density at radius 2 is 1.64 bits per heavy atom. The van der Waals surface area contributed by atoms with Gasteiger partial charge in [0, 0.05) is 12.7 Å². The van der Waals surface area contributed by atoms with Crippen molar-refractivity contribution in [3.8, 4) is 0 Å². The fraction of sp³-hybridized carbons (Fsp3) is 0.217. The van der Waals surface area contributed by atoms with Gasteiger partial charge in [-0.05, 0) is 23.3 Å². The number of carboxylic acids is 2. The predicted molar refractivity (Wildman–Crippen MR) is 129 cm³/mol. The summed E-state index contributed by atoms with van der Waals surface area (Å²) in [7, 11) is 1.47. The number of benzene rings is 2. The van der Waals surface area contributed by atoms with E-state index >= 15 is 0 Å². The summed E-state index contributed by atoms with van der Waals surface area (Å²) in [6.07, 6.45) is 0.626. The van der Waals surface area contributed by atoms with Gasteiger partial charge < -0.3 is 32.0 Å². The number of nitrogens with zero attached hydrogens (tertiary/aromatic N) is 2. The van der Waals surface area contributed by atoms with Gasteiger partial charge in [-0.2, -0.15) is 5.10 Å². The quantitative estimate of drug-likeness (QED) is 0.141. The third kappa shape index (κ3) is 8.13. The molecule has 2 aromatic rings. The number of amides is 4. The molecule has 0 heterocycles. The van der Waals surface area contributed by atoms with Crippen molar-refractivity contribution in [2.75, 3.05) is 18.5 Å². The molecule has 0 radical (unpaired) electrons. The second-order valence-corrected chi connectivity index (χ2v) is 7.50. The number of hydrazone groups is 1. The standard InChI is InChI=1S/C23H26N6O7/c1-29(16-9-7-14(8-10-16)12-26-24)23(36)25-13-18(30)27-17(11-19(31)32)21(33)28-20(22(34)35)15-5-3-2-4-6-15/h2-10,12,17,20H,11,13,24H2,1H3,(H,25,36)(H,27,30)(H,28,33)(H,31,32)(H,34,35)/t17-,20-/m0/s1. The van der Waals surface area contributed by atoms with Crippen LogP contribution in [0.4, 0.5) is 10.5 Å². The van der Waals surface area contributed by atoms with Crippen LogP contribution in [0.3, 0.4) is 0 Å². The predicted octanol–water partition coefficient (Wildman–Crippen LogP) is 0.0266. The first-order valence-corrected chi connectivity index (χ1v) is 10.6. The fourth-order valence-corrected chi connectivity index (χ4v) is 3.07. The molecule has 2 atom stereocenters. The topological polar surface area (TPSA) is 204 Å². The number of urea groups is 1. The molecule has 0 spiro atoms. The van der Waals surface area contributed by atoms with Crippen LogP contribution in [-0.4, -0.2) is 65.8 Å². The molecule has 2 rings (SSSR count). The second kappa shape index (κ2) is 13.1. The molecule has 13 heteroatoms. The smallest absolute Gasteiger partial charge is 0.330 e. The summed E-state index contributed by atoms with van der Waals surface area (Å²) in [6, 6.07) is 10.7. The highest BCUT2D eigenvalue weighted by Gasteiger charge is 2.29. The summed E-state index contributed by atoms with van der Waals surface area (Å²) in [6.45, 7) is -0.564. The summed E-state index contributed by atoms with van der Waals surface area (Å²) in [5.74, 6) is 0.474. The normalized spacial score (nSPS) is 12.2. The Morgan fingerprint density at radius 1 is 1.00 bits per heavy atom. The van der Waals surface area contributed by atoms with Crippen molar-refractivity contribution < 1.29 is 34.2 Å². The SMILES string of the molecule is CN(C(=O)NCC(=O)N[C@@H](CC(=O)O)C(=O)N[C@H](C(=O)O)c1ccccc1)c1ccc(C=NN)cc1. The molecule has 7 N–H and O–H groups in total. The minimum atomic E-state index is -1.58. The van der Waals surface area contributed by atoms with E-state index in [-0.39, 0.29) is 5.56 Å². The highest BCUT2D eigenvalue weighted by Crippen LogP contribution is 2.14. The number of anilines is 1. The molecule has 0 aliphatic rings. The Hall–Kier alpha value is -4.94. The number of rotatable bonds is 11. The van der Waals surface area contributed by atoms with Gasteiger partial charge in [0.05, 0.1) is 19.2 Å². The van der Waals surface area contributed by atoms with Crippen LogP contribution in [0.2, 0.25) is 0 Å². The van der Waals surface area contributed by atoms with E-state index < -0.39 is 54.8 Å². The van der Waals surface area contributed by atoms with Crippen LogP contribution < -0.4 is 26.7 Å². The highest BCUT2D eigenvalue weighted by molar-refractivity contribution is 5.96. The highest BCUT2D eigenvalue weighted by atomic mass is 16.4. The van der Waals surface area contributed by atoms with Gasteiger partial charge >= 0.3 is 18.0 Å². The number of nitrogens with two attached hydrogens (primary N) is 1. The van der Waals surface area contributed by atoms with Crippen LogP contribution in [0.25, 0.3) is 0 Å². The van der Waals surface area contributed by atoms with E-state index in [1.807, 2.05) is 0 Å². The zero-order valence-corrected chi connectivity index (χ0v) is 19.2. The van der Waals surface area contributed by atoms with Crippen molar-refractivity contribution in [2.45, 2.75) is 18.5 Å². The van der Waals surface area contributed by atoms with Crippen LogP contribution in [0.15, 0.2) is 59.7 Å².